The number of aliphatic carboxylic acids is 1. The fraction of sp³-hybridized carbons (Fsp3) is 0.421. The summed E-state index contributed by atoms with van der Waals surface area (Å²) in [5.74, 6) is 0.853. The minimum absolute atomic E-state index is 0.00523. The smallest absolute Gasteiger partial charge is 0.317 e. The van der Waals surface area contributed by atoms with E-state index in [1.807, 2.05) is 18.2 Å². The Kier molecular flexibility index (Phi) is 7.03. The van der Waals surface area contributed by atoms with Crippen LogP contribution >= 0.6 is 11.8 Å². The molecule has 2 heterocycles. The highest BCUT2D eigenvalue weighted by atomic mass is 32.2. The lowest BCUT2D eigenvalue weighted by atomic mass is 10.2. The molecule has 1 aromatic carbocycles. The molecule has 1 fully saturated rings. The maximum atomic E-state index is 10.8. The van der Waals surface area contributed by atoms with Gasteiger partial charge in [-0.15, -0.1) is 11.8 Å². The normalized spacial score (nSPS) is 17.3. The van der Waals surface area contributed by atoms with E-state index in [4.69, 9.17) is 14.8 Å². The van der Waals surface area contributed by atoms with Crippen LogP contribution in [0.1, 0.15) is 5.56 Å². The highest BCUT2D eigenvalue weighted by Gasteiger charge is 2.23. The molecular formula is C19H24N4O3S. The van der Waals surface area contributed by atoms with Gasteiger partial charge in [0.15, 0.2) is 0 Å². The van der Waals surface area contributed by atoms with Gasteiger partial charge in [0.1, 0.15) is 10.8 Å². The molecule has 0 radical (unpaired) electrons. The lowest BCUT2D eigenvalue weighted by Gasteiger charge is -2.35. The maximum absolute atomic E-state index is 10.8. The van der Waals surface area contributed by atoms with Crippen LogP contribution in [0.25, 0.3) is 0 Å². The Morgan fingerprint density at radius 2 is 2.19 bits per heavy atom. The molecule has 3 rings (SSSR count). The van der Waals surface area contributed by atoms with Crippen LogP contribution in [0.3, 0.4) is 0 Å². The second-order valence-corrected chi connectivity index (χ2v) is 7.51. The third-order valence-electron chi connectivity index (χ3n) is 4.21. The summed E-state index contributed by atoms with van der Waals surface area (Å²) in [5, 5.41) is 9.78. The number of nitrogens with zero attached hydrogens (tertiary/aromatic N) is 4. The average Bonchev–Trinajstić information content (AvgIpc) is 2.67. The van der Waals surface area contributed by atoms with Crippen LogP contribution < -0.4 is 4.90 Å². The summed E-state index contributed by atoms with van der Waals surface area (Å²) >= 11 is 1.66. The van der Waals surface area contributed by atoms with Crippen LogP contribution in [0, 0.1) is 0 Å². The van der Waals surface area contributed by atoms with Gasteiger partial charge in [-0.3, -0.25) is 14.7 Å². The van der Waals surface area contributed by atoms with Crippen molar-refractivity contribution in [2.24, 2.45) is 0 Å². The van der Waals surface area contributed by atoms with Gasteiger partial charge in [-0.1, -0.05) is 30.3 Å². The van der Waals surface area contributed by atoms with Crippen LogP contribution in [-0.2, 0) is 15.3 Å². The molecule has 1 unspecified atom stereocenters. The minimum Gasteiger partial charge on any atom is -0.480 e. The number of morpholine rings is 1. The first-order valence-corrected chi connectivity index (χ1v) is 9.84. The van der Waals surface area contributed by atoms with Crippen LogP contribution in [0.15, 0.2) is 47.8 Å². The Hall–Kier alpha value is -2.16. The van der Waals surface area contributed by atoms with Gasteiger partial charge in [0, 0.05) is 25.4 Å². The van der Waals surface area contributed by atoms with E-state index in [2.05, 4.69) is 22.0 Å². The number of carboxylic acids is 1. The van der Waals surface area contributed by atoms with E-state index in [0.29, 0.717) is 19.7 Å². The van der Waals surface area contributed by atoms with Crippen molar-refractivity contribution in [1.29, 1.82) is 0 Å². The lowest BCUT2D eigenvalue weighted by molar-refractivity contribution is -0.138. The van der Waals surface area contributed by atoms with Crippen molar-refractivity contribution in [3.05, 3.63) is 48.3 Å². The molecule has 0 spiro atoms. The maximum Gasteiger partial charge on any atom is 0.317 e. The van der Waals surface area contributed by atoms with Crippen molar-refractivity contribution < 1.29 is 14.6 Å². The number of likely N-dealkylation sites (N-methyl/N-ethyl adjacent to an activating group) is 1. The Bertz CT molecular complexity index is 747. The molecule has 1 N–H and O–H groups in total. The summed E-state index contributed by atoms with van der Waals surface area (Å²) < 4.78 is 5.79. The van der Waals surface area contributed by atoms with Crippen molar-refractivity contribution in [2.75, 3.05) is 44.7 Å². The van der Waals surface area contributed by atoms with Crippen molar-refractivity contribution in [3.8, 4) is 0 Å². The van der Waals surface area contributed by atoms with Crippen molar-refractivity contribution in [3.63, 3.8) is 0 Å². The van der Waals surface area contributed by atoms with Crippen LogP contribution in [-0.4, -0.2) is 71.9 Å². The predicted molar refractivity (Wildman–Crippen MR) is 105 cm³/mol. The second-order valence-electron chi connectivity index (χ2n) is 6.52. The second kappa shape index (κ2) is 9.68. The molecule has 1 atom stereocenters. The number of hydrogen-bond donors (Lipinski definition) is 1. The number of ether oxygens (including phenoxy) is 1. The number of anilines is 1. The first-order chi connectivity index (χ1) is 13.1. The number of carbonyl (C=O) groups is 1. The Morgan fingerprint density at radius 3 is 2.96 bits per heavy atom. The number of benzene rings is 1. The topological polar surface area (TPSA) is 78.8 Å². The van der Waals surface area contributed by atoms with Crippen LogP contribution in [0.2, 0.25) is 0 Å². The predicted octanol–water partition coefficient (Wildman–Crippen LogP) is 1.99. The molecule has 0 bridgehead atoms. The molecule has 0 saturated carbocycles. The van der Waals surface area contributed by atoms with Gasteiger partial charge in [-0.25, -0.2) is 4.98 Å². The fourth-order valence-corrected chi connectivity index (χ4v) is 3.77. The summed E-state index contributed by atoms with van der Waals surface area (Å²) in [6.07, 6.45) is 3.51. The summed E-state index contributed by atoms with van der Waals surface area (Å²) in [5.41, 5.74) is 1.25. The molecule has 1 aliphatic rings. The van der Waals surface area contributed by atoms with Crippen molar-refractivity contribution >= 4 is 23.5 Å². The third kappa shape index (κ3) is 6.20. The van der Waals surface area contributed by atoms with Crippen molar-refractivity contribution in [1.82, 2.24) is 14.9 Å². The molecular weight excluding hydrogens is 364 g/mol. The highest BCUT2D eigenvalue weighted by molar-refractivity contribution is 7.98. The van der Waals surface area contributed by atoms with Gasteiger partial charge in [0.25, 0.3) is 0 Å². The molecule has 0 amide bonds. The number of hydrogen-bond acceptors (Lipinski definition) is 7. The van der Waals surface area contributed by atoms with Gasteiger partial charge >= 0.3 is 5.97 Å². The molecule has 27 heavy (non-hydrogen) atoms. The van der Waals surface area contributed by atoms with E-state index in [1.165, 1.54) is 5.56 Å². The first-order valence-electron chi connectivity index (χ1n) is 8.86. The molecule has 7 nitrogen and oxygen atoms in total. The number of carboxylic acid groups (broad SMARTS) is 1. The van der Waals surface area contributed by atoms with Crippen LogP contribution in [0.4, 0.5) is 5.82 Å². The van der Waals surface area contributed by atoms with Gasteiger partial charge in [-0.2, -0.15) is 0 Å². The van der Waals surface area contributed by atoms with E-state index in [9.17, 15) is 4.79 Å². The van der Waals surface area contributed by atoms with E-state index < -0.39 is 5.97 Å². The number of rotatable bonds is 8. The zero-order valence-electron chi connectivity index (χ0n) is 15.3. The molecule has 0 aliphatic carbocycles. The van der Waals surface area contributed by atoms with E-state index in [0.717, 1.165) is 23.1 Å². The van der Waals surface area contributed by atoms with Gasteiger partial charge < -0.3 is 14.7 Å². The molecule has 144 valence electrons. The highest BCUT2D eigenvalue weighted by Crippen LogP contribution is 2.23. The fourth-order valence-electron chi connectivity index (χ4n) is 2.97. The zero-order valence-corrected chi connectivity index (χ0v) is 16.1. The van der Waals surface area contributed by atoms with E-state index in [-0.39, 0.29) is 12.6 Å². The molecule has 1 saturated heterocycles. The zero-order chi connectivity index (χ0) is 19.1. The monoisotopic (exact) mass is 388 g/mol. The minimum atomic E-state index is -0.834. The average molecular weight is 388 g/mol. The van der Waals surface area contributed by atoms with Gasteiger partial charge in [0.05, 0.1) is 31.6 Å². The SMILES string of the molecule is CN(CC(=O)O)CC1CN(c2cncc(SCc3ccccc3)n2)CCO1. The molecule has 8 heteroatoms. The third-order valence-corrected chi connectivity index (χ3v) is 5.18. The summed E-state index contributed by atoms with van der Waals surface area (Å²) in [6.45, 7) is 2.59. The van der Waals surface area contributed by atoms with Gasteiger partial charge in [0.2, 0.25) is 0 Å². The number of aromatic nitrogens is 2. The Balaban J connectivity index is 1.57. The molecule has 1 aromatic heterocycles. The largest absolute Gasteiger partial charge is 0.480 e. The first kappa shape index (κ1) is 19.6. The summed E-state index contributed by atoms with van der Waals surface area (Å²) in [6, 6.07) is 10.3. The van der Waals surface area contributed by atoms with E-state index >= 15 is 0 Å². The number of thioether (sulfide) groups is 1. The lowest BCUT2D eigenvalue weighted by Crippen LogP contribution is -2.48. The van der Waals surface area contributed by atoms with Crippen molar-refractivity contribution in [2.45, 2.75) is 16.9 Å². The standard InChI is InChI=1S/C19H24N4O3S/c1-22(13-19(24)25)11-16-12-23(7-8-26-16)17-9-20-10-18(21-17)27-14-15-5-3-2-4-6-15/h2-6,9-10,16H,7-8,11-14H2,1H3,(H,24,25). The van der Waals surface area contributed by atoms with E-state index in [1.54, 1.807) is 36.1 Å². The Labute approximate surface area is 163 Å². The quantitative estimate of drug-likeness (QED) is 0.688. The van der Waals surface area contributed by atoms with Crippen LogP contribution in [0.5, 0.6) is 0 Å². The van der Waals surface area contributed by atoms with Gasteiger partial charge in [-0.05, 0) is 12.6 Å². The molecule has 1 aliphatic heterocycles. The molecule has 2 aromatic rings. The summed E-state index contributed by atoms with van der Waals surface area (Å²) in [4.78, 5) is 23.8. The summed E-state index contributed by atoms with van der Waals surface area (Å²) in [7, 11) is 1.79. The Morgan fingerprint density at radius 1 is 1.37 bits per heavy atom.